The van der Waals surface area contributed by atoms with Gasteiger partial charge in [0.05, 0.1) is 4.90 Å². The lowest BCUT2D eigenvalue weighted by atomic mass is 10.1. The summed E-state index contributed by atoms with van der Waals surface area (Å²) in [6.07, 6.45) is 1.60. The second kappa shape index (κ2) is 8.99. The minimum absolute atomic E-state index is 0.0293. The highest BCUT2D eigenvalue weighted by Gasteiger charge is 2.25. The molecule has 3 rings (SSSR count). The van der Waals surface area contributed by atoms with Crippen LogP contribution in [0, 0.1) is 0 Å². The number of nitrogens with zero attached hydrogens (tertiary/aromatic N) is 1. The van der Waals surface area contributed by atoms with Crippen LogP contribution in [0.5, 0.6) is 5.75 Å². The largest absolute Gasteiger partial charge is 0.492 e. The lowest BCUT2D eigenvalue weighted by Gasteiger charge is -2.32. The summed E-state index contributed by atoms with van der Waals surface area (Å²) in [4.78, 5) is 2.60. The first-order valence-electron chi connectivity index (χ1n) is 8.72. The zero-order valence-electron chi connectivity index (χ0n) is 14.5. The van der Waals surface area contributed by atoms with Gasteiger partial charge in [0.25, 0.3) is 0 Å². The van der Waals surface area contributed by atoms with Gasteiger partial charge >= 0.3 is 0 Å². The van der Waals surface area contributed by atoms with Crippen molar-refractivity contribution >= 4 is 26.0 Å². The molecule has 0 unspecified atom stereocenters. The molecule has 0 radical (unpaired) electrons. The molecule has 0 atom stereocenters. The summed E-state index contributed by atoms with van der Waals surface area (Å²) >= 11 is 3.31. The summed E-state index contributed by atoms with van der Waals surface area (Å²) in [5.74, 6) is 0.878. The highest BCUT2D eigenvalue weighted by atomic mass is 79.9. The van der Waals surface area contributed by atoms with Gasteiger partial charge in [-0.1, -0.05) is 30.3 Å². The molecule has 1 fully saturated rings. The molecule has 1 N–H and O–H groups in total. The Balaban J connectivity index is 1.44. The molecule has 1 saturated heterocycles. The van der Waals surface area contributed by atoms with Crippen LogP contribution in [0.15, 0.2) is 64.0 Å². The van der Waals surface area contributed by atoms with E-state index in [1.165, 1.54) is 0 Å². The first-order chi connectivity index (χ1) is 12.5. The van der Waals surface area contributed by atoms with Gasteiger partial charge in [0, 0.05) is 17.1 Å². The third kappa shape index (κ3) is 5.30. The van der Waals surface area contributed by atoms with Crippen LogP contribution < -0.4 is 9.46 Å². The lowest BCUT2D eigenvalue weighted by Crippen LogP contribution is -2.45. The average molecular weight is 439 g/mol. The molecule has 0 aromatic heterocycles. The van der Waals surface area contributed by atoms with Crippen LogP contribution in [-0.2, 0) is 10.0 Å². The van der Waals surface area contributed by atoms with Crippen LogP contribution in [0.4, 0.5) is 0 Å². The molecule has 0 aliphatic carbocycles. The highest BCUT2D eigenvalue weighted by molar-refractivity contribution is 9.10. The maximum atomic E-state index is 12.6. The van der Waals surface area contributed by atoms with Crippen molar-refractivity contribution in [2.24, 2.45) is 0 Å². The Kier molecular flexibility index (Phi) is 6.69. The second-order valence-electron chi connectivity index (χ2n) is 6.33. The van der Waals surface area contributed by atoms with Crippen molar-refractivity contribution in [1.82, 2.24) is 9.62 Å². The smallest absolute Gasteiger partial charge is 0.241 e. The van der Waals surface area contributed by atoms with E-state index >= 15 is 0 Å². The first-order valence-corrected chi connectivity index (χ1v) is 11.0. The summed E-state index contributed by atoms with van der Waals surface area (Å²) in [6.45, 7) is 3.21. The molecule has 0 saturated carbocycles. The number of benzene rings is 2. The molecule has 0 bridgehead atoms. The molecule has 1 aliphatic heterocycles. The Labute approximate surface area is 163 Å². The van der Waals surface area contributed by atoms with Gasteiger partial charge in [0.15, 0.2) is 0 Å². The average Bonchev–Trinajstić information content (AvgIpc) is 2.64. The Morgan fingerprint density at radius 2 is 1.69 bits per heavy atom. The fourth-order valence-electron chi connectivity index (χ4n) is 3.03. The minimum Gasteiger partial charge on any atom is -0.492 e. The number of ether oxygens (including phenoxy) is 1. The van der Waals surface area contributed by atoms with Gasteiger partial charge in [-0.05, 0) is 66.1 Å². The molecule has 140 valence electrons. The van der Waals surface area contributed by atoms with Crippen molar-refractivity contribution in [2.45, 2.75) is 23.8 Å². The van der Waals surface area contributed by atoms with Crippen molar-refractivity contribution < 1.29 is 13.2 Å². The zero-order chi connectivity index (χ0) is 18.4. The highest BCUT2D eigenvalue weighted by Crippen LogP contribution is 2.22. The summed E-state index contributed by atoms with van der Waals surface area (Å²) in [7, 11) is -3.50. The van der Waals surface area contributed by atoms with Crippen molar-refractivity contribution in [3.8, 4) is 5.75 Å². The maximum Gasteiger partial charge on any atom is 0.241 e. The molecular weight excluding hydrogens is 416 g/mol. The predicted molar refractivity (Wildman–Crippen MR) is 106 cm³/mol. The number of piperidine rings is 1. The van der Waals surface area contributed by atoms with Crippen LogP contribution in [0.1, 0.15) is 12.8 Å². The number of rotatable bonds is 7. The molecular formula is C19H23BrN2O3S. The molecule has 1 aliphatic rings. The number of hydrogen-bond acceptors (Lipinski definition) is 4. The Morgan fingerprint density at radius 1 is 1.04 bits per heavy atom. The van der Waals surface area contributed by atoms with Gasteiger partial charge < -0.3 is 4.74 Å². The van der Waals surface area contributed by atoms with Crippen molar-refractivity contribution in [1.29, 1.82) is 0 Å². The maximum absolute atomic E-state index is 12.6. The van der Waals surface area contributed by atoms with Crippen molar-refractivity contribution in [3.05, 3.63) is 59.1 Å². The number of nitrogens with one attached hydrogen (secondary N) is 1. The fraction of sp³-hybridized carbons (Fsp3) is 0.368. The number of hydrogen-bond donors (Lipinski definition) is 1. The van der Waals surface area contributed by atoms with E-state index in [0.717, 1.165) is 38.2 Å². The van der Waals surface area contributed by atoms with Crippen molar-refractivity contribution in [3.63, 3.8) is 0 Å². The third-order valence-electron chi connectivity index (χ3n) is 4.46. The van der Waals surface area contributed by atoms with Gasteiger partial charge in [0.2, 0.25) is 10.0 Å². The Hall–Kier alpha value is -1.41. The topological polar surface area (TPSA) is 58.6 Å². The van der Waals surface area contributed by atoms with Crippen LogP contribution in [-0.4, -0.2) is 45.6 Å². The monoisotopic (exact) mass is 438 g/mol. The number of halogens is 1. The summed E-state index contributed by atoms with van der Waals surface area (Å²) < 4.78 is 34.3. The molecule has 1 heterocycles. The van der Waals surface area contributed by atoms with E-state index in [1.54, 1.807) is 24.3 Å². The van der Waals surface area contributed by atoms with E-state index in [0.29, 0.717) is 16.0 Å². The molecule has 2 aromatic carbocycles. The van der Waals surface area contributed by atoms with E-state index in [9.17, 15) is 8.42 Å². The molecule has 2 aromatic rings. The number of sulfonamides is 1. The number of para-hydroxylation sites is 1. The Bertz CT molecular complexity index is 807. The van der Waals surface area contributed by atoms with E-state index in [1.807, 2.05) is 30.3 Å². The fourth-order valence-corrected chi connectivity index (χ4v) is 5.34. The summed E-state index contributed by atoms with van der Waals surface area (Å²) in [5, 5.41) is 0. The first kappa shape index (κ1) is 19.4. The minimum atomic E-state index is -3.50. The molecule has 0 spiro atoms. The standard InChI is InChI=1S/C19H23BrN2O3S/c20-18-8-4-5-9-19(18)26(23,24)21-16-10-12-22(13-11-16)14-15-25-17-6-2-1-3-7-17/h1-9,16,21H,10-15H2. The van der Waals surface area contributed by atoms with Gasteiger partial charge in [-0.15, -0.1) is 0 Å². The summed E-state index contributed by atoms with van der Waals surface area (Å²) in [6, 6.07) is 16.6. The normalized spacial score (nSPS) is 16.5. The van der Waals surface area contributed by atoms with Gasteiger partial charge in [0.1, 0.15) is 12.4 Å². The van der Waals surface area contributed by atoms with Crippen LogP contribution in [0.2, 0.25) is 0 Å². The van der Waals surface area contributed by atoms with Gasteiger partial charge in [-0.3, -0.25) is 4.90 Å². The van der Waals surface area contributed by atoms with Gasteiger partial charge in [-0.2, -0.15) is 0 Å². The predicted octanol–water partition coefficient (Wildman–Crippen LogP) is 3.27. The van der Waals surface area contributed by atoms with Crippen LogP contribution in [0.3, 0.4) is 0 Å². The SMILES string of the molecule is O=S(=O)(NC1CCN(CCOc2ccccc2)CC1)c1ccccc1Br. The quantitative estimate of drug-likeness (QED) is 0.720. The Morgan fingerprint density at radius 3 is 2.38 bits per heavy atom. The third-order valence-corrected chi connectivity index (χ3v) is 6.99. The van der Waals surface area contributed by atoms with E-state index < -0.39 is 10.0 Å². The lowest BCUT2D eigenvalue weighted by molar-refractivity contribution is 0.170. The van der Waals surface area contributed by atoms with Crippen LogP contribution in [0.25, 0.3) is 0 Å². The zero-order valence-corrected chi connectivity index (χ0v) is 16.9. The summed E-state index contributed by atoms with van der Waals surface area (Å²) in [5.41, 5.74) is 0. The molecule has 7 heteroatoms. The van der Waals surface area contributed by atoms with Crippen molar-refractivity contribution in [2.75, 3.05) is 26.2 Å². The van der Waals surface area contributed by atoms with Crippen LogP contribution >= 0.6 is 15.9 Å². The van der Waals surface area contributed by atoms with E-state index in [-0.39, 0.29) is 6.04 Å². The van der Waals surface area contributed by atoms with E-state index in [4.69, 9.17) is 4.74 Å². The molecule has 26 heavy (non-hydrogen) atoms. The second-order valence-corrected chi connectivity index (χ2v) is 8.87. The van der Waals surface area contributed by atoms with E-state index in [2.05, 4.69) is 25.6 Å². The number of likely N-dealkylation sites (tertiary alicyclic amines) is 1. The van der Waals surface area contributed by atoms with Gasteiger partial charge in [-0.25, -0.2) is 13.1 Å². The molecule has 5 nitrogen and oxygen atoms in total. The molecule has 0 amide bonds.